The molecule has 0 aromatic heterocycles. The third kappa shape index (κ3) is 3.11. The van der Waals surface area contributed by atoms with Gasteiger partial charge in [-0.15, -0.1) is 0 Å². The Morgan fingerprint density at radius 3 is 2.45 bits per heavy atom. The summed E-state index contributed by atoms with van der Waals surface area (Å²) in [6.07, 6.45) is -0.190. The fourth-order valence-corrected chi connectivity index (χ4v) is 0.769. The highest BCUT2D eigenvalue weighted by Gasteiger charge is 2.31. The second-order valence-electron chi connectivity index (χ2n) is 2.21. The average Bonchev–Trinajstić information content (AvgIpc) is 1.85. The van der Waals surface area contributed by atoms with Crippen LogP contribution in [0.1, 0.15) is 6.42 Å². The molecule has 0 spiro atoms. The molecule has 1 aliphatic heterocycles. The number of halogens is 3. The van der Waals surface area contributed by atoms with Gasteiger partial charge in [0.15, 0.2) is 0 Å². The third-order valence-corrected chi connectivity index (χ3v) is 1.20. The zero-order valence-electron chi connectivity index (χ0n) is 5.64. The van der Waals surface area contributed by atoms with E-state index in [4.69, 9.17) is 0 Å². The van der Waals surface area contributed by atoms with Crippen LogP contribution in [0.4, 0.5) is 13.2 Å². The normalized spacial score (nSPS) is 23.4. The zero-order valence-corrected chi connectivity index (χ0v) is 5.64. The highest BCUT2D eigenvalue weighted by molar-refractivity contribution is 5.07. The summed E-state index contributed by atoms with van der Waals surface area (Å²) in [7, 11) is 0. The molecule has 1 unspecified atom stereocenters. The largest absolute Gasteiger partial charge is 0.494 e. The van der Waals surface area contributed by atoms with Gasteiger partial charge in [0.2, 0.25) is 0 Å². The summed E-state index contributed by atoms with van der Waals surface area (Å²) >= 11 is 0. The minimum Gasteiger partial charge on any atom is -0.494 e. The molecule has 62 valence electrons. The van der Waals surface area contributed by atoms with Crippen molar-refractivity contribution in [1.82, 2.24) is 0 Å². The number of allylic oxidation sites excluding steroid dienone is 2. The molecule has 11 heavy (non-hydrogen) atoms. The van der Waals surface area contributed by atoms with Crippen LogP contribution >= 0.6 is 0 Å². The topological polar surface area (TPSA) is 9.23 Å². The quantitative estimate of drug-likeness (QED) is 0.578. The molecule has 1 atom stereocenters. The standard InChI is InChI=1S/C7H7F3O/c8-7(9,10)5-6-3-1-2-4-11-6/h1-4,6H,5H2. The van der Waals surface area contributed by atoms with Gasteiger partial charge in [0.25, 0.3) is 0 Å². The number of alkyl halides is 3. The molecule has 0 N–H and O–H groups in total. The second-order valence-corrected chi connectivity index (χ2v) is 2.21. The van der Waals surface area contributed by atoms with Gasteiger partial charge in [0.05, 0.1) is 12.7 Å². The SMILES string of the molecule is FC(F)(F)CC1C=CC=CO1. The van der Waals surface area contributed by atoms with Crippen molar-refractivity contribution in [3.8, 4) is 0 Å². The molecule has 0 aromatic carbocycles. The molecule has 4 heteroatoms. The molecule has 1 aliphatic rings. The van der Waals surface area contributed by atoms with E-state index in [0.717, 1.165) is 0 Å². The number of rotatable bonds is 1. The molecule has 1 heterocycles. The number of hydrogen-bond acceptors (Lipinski definition) is 1. The van der Waals surface area contributed by atoms with Crippen LogP contribution in [0.5, 0.6) is 0 Å². The van der Waals surface area contributed by atoms with Crippen LogP contribution in [-0.2, 0) is 4.74 Å². The van der Waals surface area contributed by atoms with Crippen LogP contribution in [0, 0.1) is 0 Å². The van der Waals surface area contributed by atoms with E-state index in [-0.39, 0.29) is 0 Å². The van der Waals surface area contributed by atoms with Gasteiger partial charge in [-0.3, -0.25) is 0 Å². The molecule has 0 fully saturated rings. The minimum atomic E-state index is -4.15. The molecule has 1 rings (SSSR count). The maximum atomic E-state index is 11.7. The monoisotopic (exact) mass is 164 g/mol. The van der Waals surface area contributed by atoms with E-state index in [1.807, 2.05) is 0 Å². The molecular formula is C7H7F3O. The maximum Gasteiger partial charge on any atom is 0.392 e. The molecule has 0 radical (unpaired) electrons. The zero-order chi connectivity index (χ0) is 8.32. The molecule has 0 aliphatic carbocycles. The van der Waals surface area contributed by atoms with E-state index < -0.39 is 18.7 Å². The molecule has 0 saturated heterocycles. The Hall–Kier alpha value is -0.930. The third-order valence-electron chi connectivity index (χ3n) is 1.20. The summed E-state index contributed by atoms with van der Waals surface area (Å²) in [5, 5.41) is 0. The Morgan fingerprint density at radius 1 is 1.27 bits per heavy atom. The maximum absolute atomic E-state index is 11.7. The van der Waals surface area contributed by atoms with Crippen molar-refractivity contribution in [3.05, 3.63) is 24.5 Å². The van der Waals surface area contributed by atoms with Crippen LogP contribution in [-0.4, -0.2) is 12.3 Å². The lowest BCUT2D eigenvalue weighted by atomic mass is 10.2. The molecule has 0 aromatic rings. The van der Waals surface area contributed by atoms with Crippen LogP contribution in [0.25, 0.3) is 0 Å². The van der Waals surface area contributed by atoms with Gasteiger partial charge in [-0.1, -0.05) is 6.08 Å². The number of ether oxygens (including phenoxy) is 1. The van der Waals surface area contributed by atoms with Gasteiger partial charge in [-0.2, -0.15) is 13.2 Å². The van der Waals surface area contributed by atoms with E-state index in [2.05, 4.69) is 4.74 Å². The first kappa shape index (κ1) is 8.17. The van der Waals surface area contributed by atoms with Crippen LogP contribution < -0.4 is 0 Å². The van der Waals surface area contributed by atoms with E-state index in [9.17, 15) is 13.2 Å². The van der Waals surface area contributed by atoms with E-state index in [1.165, 1.54) is 12.3 Å². The van der Waals surface area contributed by atoms with E-state index in [1.54, 1.807) is 12.2 Å². The van der Waals surface area contributed by atoms with Crippen molar-refractivity contribution in [3.63, 3.8) is 0 Å². The van der Waals surface area contributed by atoms with E-state index >= 15 is 0 Å². The van der Waals surface area contributed by atoms with Crippen molar-refractivity contribution in [2.45, 2.75) is 18.7 Å². The lowest BCUT2D eigenvalue weighted by Crippen LogP contribution is -2.19. The van der Waals surface area contributed by atoms with Crippen LogP contribution in [0.3, 0.4) is 0 Å². The van der Waals surface area contributed by atoms with Gasteiger partial charge in [-0.05, 0) is 12.2 Å². The highest BCUT2D eigenvalue weighted by atomic mass is 19.4. The number of hydrogen-bond donors (Lipinski definition) is 0. The van der Waals surface area contributed by atoms with Crippen molar-refractivity contribution >= 4 is 0 Å². The predicted octanol–water partition coefficient (Wildman–Crippen LogP) is 2.41. The Kier molecular flexibility index (Phi) is 2.22. The smallest absolute Gasteiger partial charge is 0.392 e. The molecule has 0 saturated carbocycles. The van der Waals surface area contributed by atoms with E-state index in [0.29, 0.717) is 0 Å². The van der Waals surface area contributed by atoms with Crippen molar-refractivity contribution in [2.24, 2.45) is 0 Å². The van der Waals surface area contributed by atoms with Gasteiger partial charge in [-0.25, -0.2) is 0 Å². The Morgan fingerprint density at radius 2 is 2.00 bits per heavy atom. The first-order valence-corrected chi connectivity index (χ1v) is 3.13. The fraction of sp³-hybridized carbons (Fsp3) is 0.429. The predicted molar refractivity (Wildman–Crippen MR) is 33.8 cm³/mol. The first-order chi connectivity index (χ1) is 5.08. The summed E-state index contributed by atoms with van der Waals surface area (Å²) in [4.78, 5) is 0. The summed E-state index contributed by atoms with van der Waals surface area (Å²) in [5.74, 6) is 0. The minimum absolute atomic E-state index is 0.847. The molecule has 1 nitrogen and oxygen atoms in total. The summed E-state index contributed by atoms with van der Waals surface area (Å²) in [6.45, 7) is 0. The van der Waals surface area contributed by atoms with Gasteiger partial charge >= 0.3 is 6.18 Å². The summed E-state index contributed by atoms with van der Waals surface area (Å²) in [6, 6.07) is 0. The van der Waals surface area contributed by atoms with Crippen molar-refractivity contribution in [2.75, 3.05) is 0 Å². The molecule has 0 amide bonds. The van der Waals surface area contributed by atoms with Gasteiger partial charge < -0.3 is 4.74 Å². The van der Waals surface area contributed by atoms with Crippen LogP contribution in [0.2, 0.25) is 0 Å². The highest BCUT2D eigenvalue weighted by Crippen LogP contribution is 2.24. The summed E-state index contributed by atoms with van der Waals surface area (Å²) < 4.78 is 39.8. The lowest BCUT2D eigenvalue weighted by molar-refractivity contribution is -0.149. The Bertz CT molecular complexity index is 181. The lowest BCUT2D eigenvalue weighted by Gasteiger charge is -2.16. The Balaban J connectivity index is 2.39. The van der Waals surface area contributed by atoms with Gasteiger partial charge in [0, 0.05) is 0 Å². The van der Waals surface area contributed by atoms with Crippen LogP contribution in [0.15, 0.2) is 24.5 Å². The molecule has 0 bridgehead atoms. The summed E-state index contributed by atoms with van der Waals surface area (Å²) in [5.41, 5.74) is 0. The average molecular weight is 164 g/mol. The molecular weight excluding hydrogens is 157 g/mol. The first-order valence-electron chi connectivity index (χ1n) is 3.13. The van der Waals surface area contributed by atoms with Gasteiger partial charge in [0.1, 0.15) is 6.10 Å². The fourth-order valence-electron chi connectivity index (χ4n) is 0.769. The Labute approximate surface area is 62.2 Å². The van der Waals surface area contributed by atoms with Crippen molar-refractivity contribution in [1.29, 1.82) is 0 Å². The second kappa shape index (κ2) is 2.98. The van der Waals surface area contributed by atoms with Crippen molar-refractivity contribution < 1.29 is 17.9 Å².